The van der Waals surface area contributed by atoms with Crippen LogP contribution in [0, 0.1) is 5.92 Å². The number of rotatable bonds is 7. The number of unbranched alkanes of at least 4 members (excludes halogenated alkanes) is 2. The molecule has 0 aromatic carbocycles. The molecule has 0 radical (unpaired) electrons. The summed E-state index contributed by atoms with van der Waals surface area (Å²) in [5.41, 5.74) is 0. The summed E-state index contributed by atoms with van der Waals surface area (Å²) < 4.78 is 0. The molecule has 0 saturated carbocycles. The van der Waals surface area contributed by atoms with E-state index in [0.717, 1.165) is 43.1 Å². The number of hydrogen-bond donors (Lipinski definition) is 1. The van der Waals surface area contributed by atoms with Crippen LogP contribution < -0.4 is 10.2 Å². The zero-order valence-electron chi connectivity index (χ0n) is 14.6. The standard InChI is InChI=1S/C18H25N5OS/c1-2-3-4-10-16-21-22-18(25-16)20-17(24)14-8-7-12-23(13-14)15-9-5-6-11-19-15/h5-6,9,11,14H,2-4,7-8,10,12-13H2,1H3,(H,20,22,24). The number of aromatic nitrogens is 3. The summed E-state index contributed by atoms with van der Waals surface area (Å²) in [5, 5.41) is 12.9. The molecule has 7 heteroatoms. The minimum atomic E-state index is -0.0387. The van der Waals surface area contributed by atoms with Crippen molar-refractivity contribution in [3.8, 4) is 0 Å². The van der Waals surface area contributed by atoms with Gasteiger partial charge in [0.1, 0.15) is 10.8 Å². The summed E-state index contributed by atoms with van der Waals surface area (Å²) in [6, 6.07) is 5.88. The van der Waals surface area contributed by atoms with Crippen LogP contribution in [-0.4, -0.2) is 34.2 Å². The third-order valence-corrected chi connectivity index (χ3v) is 5.36. The lowest BCUT2D eigenvalue weighted by molar-refractivity contribution is -0.120. The third kappa shape index (κ3) is 4.98. The summed E-state index contributed by atoms with van der Waals surface area (Å²) in [6.07, 6.45) is 8.15. The molecule has 3 heterocycles. The Balaban J connectivity index is 1.54. The van der Waals surface area contributed by atoms with E-state index in [1.54, 1.807) is 6.20 Å². The van der Waals surface area contributed by atoms with Gasteiger partial charge in [0.15, 0.2) is 0 Å². The number of carbonyl (C=O) groups is 1. The maximum atomic E-state index is 12.6. The topological polar surface area (TPSA) is 71.0 Å². The number of piperidine rings is 1. The number of carbonyl (C=O) groups excluding carboxylic acids is 1. The molecule has 6 nitrogen and oxygen atoms in total. The molecule has 1 N–H and O–H groups in total. The maximum Gasteiger partial charge on any atom is 0.231 e. The van der Waals surface area contributed by atoms with E-state index in [1.807, 2.05) is 18.2 Å². The van der Waals surface area contributed by atoms with Gasteiger partial charge in [-0.3, -0.25) is 4.79 Å². The van der Waals surface area contributed by atoms with Crippen molar-refractivity contribution in [1.29, 1.82) is 0 Å². The maximum absolute atomic E-state index is 12.6. The van der Waals surface area contributed by atoms with E-state index >= 15 is 0 Å². The van der Waals surface area contributed by atoms with E-state index in [1.165, 1.54) is 24.2 Å². The van der Waals surface area contributed by atoms with Crippen LogP contribution in [-0.2, 0) is 11.2 Å². The fourth-order valence-electron chi connectivity index (χ4n) is 3.08. The molecule has 0 spiro atoms. The highest BCUT2D eigenvalue weighted by Gasteiger charge is 2.27. The molecule has 1 aliphatic heterocycles. The number of pyridine rings is 1. The first-order chi connectivity index (χ1) is 12.3. The van der Waals surface area contributed by atoms with E-state index in [9.17, 15) is 4.79 Å². The molecule has 25 heavy (non-hydrogen) atoms. The van der Waals surface area contributed by atoms with E-state index in [4.69, 9.17) is 0 Å². The van der Waals surface area contributed by atoms with E-state index in [-0.39, 0.29) is 11.8 Å². The number of aryl methyl sites for hydroxylation is 1. The van der Waals surface area contributed by atoms with Crippen LogP contribution in [0.25, 0.3) is 0 Å². The zero-order valence-corrected chi connectivity index (χ0v) is 15.5. The Morgan fingerprint density at radius 3 is 3.08 bits per heavy atom. The predicted molar refractivity (Wildman–Crippen MR) is 101 cm³/mol. The van der Waals surface area contributed by atoms with Gasteiger partial charge in [-0.15, -0.1) is 10.2 Å². The average molecular weight is 359 g/mol. The van der Waals surface area contributed by atoms with Crippen molar-refractivity contribution in [3.05, 3.63) is 29.4 Å². The lowest BCUT2D eigenvalue weighted by Gasteiger charge is -2.32. The Bertz CT molecular complexity index is 675. The summed E-state index contributed by atoms with van der Waals surface area (Å²) in [6.45, 7) is 3.83. The first kappa shape index (κ1) is 17.8. The Labute approximate surface area is 152 Å². The fourth-order valence-corrected chi connectivity index (χ4v) is 3.86. The molecule has 1 fully saturated rings. The Kier molecular flexibility index (Phi) is 6.33. The van der Waals surface area contributed by atoms with Gasteiger partial charge in [0.05, 0.1) is 5.92 Å². The zero-order chi connectivity index (χ0) is 17.5. The lowest BCUT2D eigenvalue weighted by atomic mass is 9.97. The Hall–Kier alpha value is -2.02. The normalized spacial score (nSPS) is 17.5. The molecule has 1 amide bonds. The molecule has 1 aliphatic rings. The van der Waals surface area contributed by atoms with Crippen LogP contribution >= 0.6 is 11.3 Å². The summed E-state index contributed by atoms with van der Waals surface area (Å²) in [5.74, 6) is 0.939. The van der Waals surface area contributed by atoms with Crippen LogP contribution in [0.5, 0.6) is 0 Å². The van der Waals surface area contributed by atoms with Crippen molar-refractivity contribution in [3.63, 3.8) is 0 Å². The molecule has 1 saturated heterocycles. The predicted octanol–water partition coefficient (Wildman–Crippen LogP) is 3.52. The van der Waals surface area contributed by atoms with Gasteiger partial charge in [-0.1, -0.05) is 37.2 Å². The largest absolute Gasteiger partial charge is 0.356 e. The van der Waals surface area contributed by atoms with Gasteiger partial charge in [0, 0.05) is 25.7 Å². The smallest absolute Gasteiger partial charge is 0.231 e. The van der Waals surface area contributed by atoms with E-state index in [0.29, 0.717) is 11.7 Å². The van der Waals surface area contributed by atoms with Crippen molar-refractivity contribution in [1.82, 2.24) is 15.2 Å². The van der Waals surface area contributed by atoms with Gasteiger partial charge in [-0.05, 0) is 31.4 Å². The quantitative estimate of drug-likeness (QED) is 0.766. The molecule has 1 atom stereocenters. The SMILES string of the molecule is CCCCCc1nnc(NC(=O)C2CCCN(c3ccccn3)C2)s1. The number of amides is 1. The molecule has 3 rings (SSSR count). The number of anilines is 2. The monoisotopic (exact) mass is 359 g/mol. The second-order valence-corrected chi connectivity index (χ2v) is 7.48. The van der Waals surface area contributed by atoms with Crippen molar-refractivity contribution in [2.45, 2.75) is 45.4 Å². The highest BCUT2D eigenvalue weighted by Crippen LogP contribution is 2.24. The van der Waals surface area contributed by atoms with Crippen LogP contribution in [0.3, 0.4) is 0 Å². The van der Waals surface area contributed by atoms with E-state index in [2.05, 4.69) is 32.3 Å². The second kappa shape index (κ2) is 8.89. The van der Waals surface area contributed by atoms with Crippen LogP contribution in [0.1, 0.15) is 44.0 Å². The van der Waals surface area contributed by atoms with Gasteiger partial charge < -0.3 is 10.2 Å². The highest BCUT2D eigenvalue weighted by atomic mass is 32.1. The summed E-state index contributed by atoms with van der Waals surface area (Å²) >= 11 is 1.49. The molecular weight excluding hydrogens is 334 g/mol. The summed E-state index contributed by atoms with van der Waals surface area (Å²) in [4.78, 5) is 19.2. The minimum absolute atomic E-state index is 0.0387. The van der Waals surface area contributed by atoms with Gasteiger partial charge in [0.25, 0.3) is 0 Å². The molecule has 2 aromatic heterocycles. The lowest BCUT2D eigenvalue weighted by Crippen LogP contribution is -2.41. The minimum Gasteiger partial charge on any atom is -0.356 e. The van der Waals surface area contributed by atoms with Crippen LogP contribution in [0.2, 0.25) is 0 Å². The fraction of sp³-hybridized carbons (Fsp3) is 0.556. The van der Waals surface area contributed by atoms with Crippen molar-refractivity contribution in [2.75, 3.05) is 23.3 Å². The first-order valence-corrected chi connectivity index (χ1v) is 9.87. The number of nitrogens with one attached hydrogen (secondary N) is 1. The van der Waals surface area contributed by atoms with Crippen LogP contribution in [0.15, 0.2) is 24.4 Å². The third-order valence-electron chi connectivity index (χ3n) is 4.46. The van der Waals surface area contributed by atoms with Gasteiger partial charge in [-0.2, -0.15) is 0 Å². The van der Waals surface area contributed by atoms with Crippen molar-refractivity contribution < 1.29 is 4.79 Å². The van der Waals surface area contributed by atoms with Crippen LogP contribution in [0.4, 0.5) is 10.9 Å². The molecular formula is C18H25N5OS. The molecule has 2 aromatic rings. The van der Waals surface area contributed by atoms with Crippen molar-refractivity contribution >= 4 is 28.2 Å². The summed E-state index contributed by atoms with van der Waals surface area (Å²) in [7, 11) is 0. The van der Waals surface area contributed by atoms with Gasteiger partial charge in [-0.25, -0.2) is 4.98 Å². The second-order valence-electron chi connectivity index (χ2n) is 6.42. The molecule has 134 valence electrons. The Morgan fingerprint density at radius 1 is 1.36 bits per heavy atom. The highest BCUT2D eigenvalue weighted by molar-refractivity contribution is 7.15. The van der Waals surface area contributed by atoms with Crippen molar-refractivity contribution in [2.24, 2.45) is 5.92 Å². The van der Waals surface area contributed by atoms with E-state index < -0.39 is 0 Å². The molecule has 1 unspecified atom stereocenters. The van der Waals surface area contributed by atoms with Gasteiger partial charge >= 0.3 is 0 Å². The van der Waals surface area contributed by atoms with Gasteiger partial charge in [0.2, 0.25) is 11.0 Å². The number of hydrogen-bond acceptors (Lipinski definition) is 6. The Morgan fingerprint density at radius 2 is 2.28 bits per heavy atom. The number of nitrogens with zero attached hydrogens (tertiary/aromatic N) is 4. The average Bonchev–Trinajstić information content (AvgIpc) is 3.10. The molecule has 0 bridgehead atoms. The first-order valence-electron chi connectivity index (χ1n) is 9.05. The molecule has 0 aliphatic carbocycles.